The van der Waals surface area contributed by atoms with Crippen molar-refractivity contribution < 1.29 is 14.2 Å². The van der Waals surface area contributed by atoms with Gasteiger partial charge in [-0.1, -0.05) is 0 Å². The molecular weight excluding hydrogens is 179 g/mol. The van der Waals surface area contributed by atoms with Gasteiger partial charge in [0.2, 0.25) is 0 Å². The van der Waals surface area contributed by atoms with Crippen LogP contribution in [0, 0.1) is 22.9 Å². The lowest BCUT2D eigenvalue weighted by atomic mass is 10.2. The summed E-state index contributed by atoms with van der Waals surface area (Å²) in [5, 5.41) is 10.3. The zero-order valence-corrected chi connectivity index (χ0v) is 6.78. The Labute approximate surface area is 73.0 Å². The zero-order chi connectivity index (χ0) is 10.0. The Bertz CT molecular complexity index is 354. The second-order valence-corrected chi connectivity index (χ2v) is 2.44. The summed E-state index contributed by atoms with van der Waals surface area (Å²) in [6.45, 7) is 1.47. The smallest absolute Gasteiger partial charge is 0.275 e. The van der Waals surface area contributed by atoms with Crippen LogP contribution in [0.4, 0.5) is 10.1 Å². The molecule has 1 aromatic rings. The van der Waals surface area contributed by atoms with E-state index in [1.165, 1.54) is 13.0 Å². The molecular formula is C7H7FN2O3. The van der Waals surface area contributed by atoms with E-state index in [0.717, 1.165) is 6.07 Å². The van der Waals surface area contributed by atoms with Crippen LogP contribution in [0.25, 0.3) is 0 Å². The highest BCUT2D eigenvalue weighted by Crippen LogP contribution is 2.25. The molecule has 0 spiro atoms. The third kappa shape index (κ3) is 1.73. The van der Waals surface area contributed by atoms with E-state index in [4.69, 9.17) is 5.90 Å². The summed E-state index contributed by atoms with van der Waals surface area (Å²) in [7, 11) is 0. The fourth-order valence-corrected chi connectivity index (χ4v) is 0.932. The van der Waals surface area contributed by atoms with E-state index in [1.807, 2.05) is 0 Å². The van der Waals surface area contributed by atoms with Gasteiger partial charge in [-0.2, -0.15) is 5.90 Å². The molecule has 1 aromatic carbocycles. The number of hydrogen-bond acceptors (Lipinski definition) is 4. The van der Waals surface area contributed by atoms with Crippen molar-refractivity contribution in [3.8, 4) is 5.75 Å². The fraction of sp³-hybridized carbons (Fsp3) is 0.143. The van der Waals surface area contributed by atoms with Crippen LogP contribution >= 0.6 is 0 Å². The fourth-order valence-electron chi connectivity index (χ4n) is 0.932. The molecule has 0 aliphatic carbocycles. The molecule has 0 amide bonds. The SMILES string of the molecule is Cc1cc(ON)c(F)cc1[N+](=O)[O-]. The van der Waals surface area contributed by atoms with Gasteiger partial charge < -0.3 is 4.84 Å². The Morgan fingerprint density at radius 3 is 2.69 bits per heavy atom. The Hall–Kier alpha value is -1.69. The summed E-state index contributed by atoms with van der Waals surface area (Å²) >= 11 is 0. The number of aryl methyl sites for hydroxylation is 1. The van der Waals surface area contributed by atoms with Crippen molar-refractivity contribution in [1.82, 2.24) is 0 Å². The third-order valence-corrected chi connectivity index (χ3v) is 1.57. The molecule has 0 aromatic heterocycles. The van der Waals surface area contributed by atoms with Crippen molar-refractivity contribution in [2.45, 2.75) is 6.92 Å². The van der Waals surface area contributed by atoms with Crippen LogP contribution in [0.1, 0.15) is 5.56 Å². The maximum Gasteiger partial charge on any atom is 0.275 e. The zero-order valence-electron chi connectivity index (χ0n) is 6.78. The Balaban J connectivity index is 3.28. The summed E-state index contributed by atoms with van der Waals surface area (Å²) in [6.07, 6.45) is 0. The van der Waals surface area contributed by atoms with Crippen molar-refractivity contribution in [2.75, 3.05) is 0 Å². The molecule has 70 valence electrons. The van der Waals surface area contributed by atoms with Gasteiger partial charge in [-0.3, -0.25) is 10.1 Å². The molecule has 13 heavy (non-hydrogen) atoms. The van der Waals surface area contributed by atoms with E-state index in [9.17, 15) is 14.5 Å². The van der Waals surface area contributed by atoms with Crippen LogP contribution in [0.15, 0.2) is 12.1 Å². The van der Waals surface area contributed by atoms with Crippen molar-refractivity contribution in [3.05, 3.63) is 33.6 Å². The summed E-state index contributed by atoms with van der Waals surface area (Å²) < 4.78 is 12.9. The molecule has 0 saturated heterocycles. The molecule has 2 N–H and O–H groups in total. The average Bonchev–Trinajstić information content (AvgIpc) is 2.07. The lowest BCUT2D eigenvalue weighted by molar-refractivity contribution is -0.385. The molecule has 6 heteroatoms. The lowest BCUT2D eigenvalue weighted by Gasteiger charge is -2.02. The highest BCUT2D eigenvalue weighted by Gasteiger charge is 2.15. The summed E-state index contributed by atoms with van der Waals surface area (Å²) in [4.78, 5) is 13.8. The van der Waals surface area contributed by atoms with Gasteiger partial charge in [-0.15, -0.1) is 0 Å². The number of nitrogens with zero attached hydrogens (tertiary/aromatic N) is 1. The third-order valence-electron chi connectivity index (χ3n) is 1.57. The molecule has 0 aliphatic rings. The number of nitro groups is 1. The largest absolute Gasteiger partial charge is 0.408 e. The lowest BCUT2D eigenvalue weighted by Crippen LogP contribution is -2.05. The molecule has 0 aliphatic heterocycles. The van der Waals surface area contributed by atoms with Crippen LogP contribution in [-0.2, 0) is 0 Å². The first-order valence-electron chi connectivity index (χ1n) is 3.37. The highest BCUT2D eigenvalue weighted by molar-refractivity contribution is 5.45. The van der Waals surface area contributed by atoms with Crippen molar-refractivity contribution in [1.29, 1.82) is 0 Å². The minimum absolute atomic E-state index is 0.205. The van der Waals surface area contributed by atoms with Gasteiger partial charge >= 0.3 is 0 Å². The monoisotopic (exact) mass is 186 g/mol. The minimum Gasteiger partial charge on any atom is -0.408 e. The topological polar surface area (TPSA) is 78.4 Å². The van der Waals surface area contributed by atoms with Crippen molar-refractivity contribution in [2.24, 2.45) is 5.90 Å². The first kappa shape index (κ1) is 9.40. The maximum atomic E-state index is 12.9. The summed E-state index contributed by atoms with van der Waals surface area (Å²) in [6, 6.07) is 1.95. The normalized spacial score (nSPS) is 9.77. The molecule has 0 fully saturated rings. The molecule has 0 radical (unpaired) electrons. The molecule has 0 saturated carbocycles. The predicted molar refractivity (Wildman–Crippen MR) is 42.6 cm³/mol. The quantitative estimate of drug-likeness (QED) is 0.557. The first-order valence-corrected chi connectivity index (χ1v) is 3.37. The van der Waals surface area contributed by atoms with Gasteiger partial charge in [-0.25, -0.2) is 4.39 Å². The number of benzene rings is 1. The number of nitro benzene ring substituents is 1. The predicted octanol–water partition coefficient (Wildman–Crippen LogP) is 1.29. The van der Waals surface area contributed by atoms with Gasteiger partial charge in [0.1, 0.15) is 0 Å². The van der Waals surface area contributed by atoms with Crippen molar-refractivity contribution >= 4 is 5.69 Å². The van der Waals surface area contributed by atoms with E-state index < -0.39 is 10.7 Å². The first-order chi connectivity index (χ1) is 6.06. The standard InChI is InChI=1S/C7H7FN2O3/c1-4-2-7(13-9)5(8)3-6(4)10(11)12/h2-3H,9H2,1H3. The molecule has 1 rings (SSSR count). The van der Waals surface area contributed by atoms with E-state index in [0.29, 0.717) is 5.56 Å². The maximum absolute atomic E-state index is 12.9. The molecule has 0 heterocycles. The van der Waals surface area contributed by atoms with E-state index in [2.05, 4.69) is 4.84 Å². The number of hydrogen-bond donors (Lipinski definition) is 1. The van der Waals surface area contributed by atoms with Gasteiger partial charge in [0.15, 0.2) is 11.6 Å². The van der Waals surface area contributed by atoms with E-state index in [1.54, 1.807) is 0 Å². The van der Waals surface area contributed by atoms with Crippen molar-refractivity contribution in [3.63, 3.8) is 0 Å². The second kappa shape index (κ2) is 3.36. The van der Waals surface area contributed by atoms with E-state index >= 15 is 0 Å². The average molecular weight is 186 g/mol. The summed E-state index contributed by atoms with van der Waals surface area (Å²) in [5.74, 6) is 3.68. The Kier molecular flexibility index (Phi) is 2.43. The van der Waals surface area contributed by atoms with E-state index in [-0.39, 0.29) is 11.4 Å². The molecule has 5 nitrogen and oxygen atoms in total. The Morgan fingerprint density at radius 2 is 2.23 bits per heavy atom. The minimum atomic E-state index is -0.847. The van der Waals surface area contributed by atoms with Crippen LogP contribution < -0.4 is 10.7 Å². The number of halogens is 1. The van der Waals surface area contributed by atoms with Gasteiger partial charge in [-0.05, 0) is 13.0 Å². The van der Waals surface area contributed by atoms with Crippen LogP contribution in [0.3, 0.4) is 0 Å². The van der Waals surface area contributed by atoms with Crippen LogP contribution in [0.2, 0.25) is 0 Å². The van der Waals surface area contributed by atoms with Gasteiger partial charge in [0.25, 0.3) is 5.69 Å². The molecule has 0 unspecified atom stereocenters. The highest BCUT2D eigenvalue weighted by atomic mass is 19.1. The van der Waals surface area contributed by atoms with Crippen LogP contribution in [0.5, 0.6) is 5.75 Å². The summed E-state index contributed by atoms with van der Waals surface area (Å²) in [5.41, 5.74) is 0.00477. The van der Waals surface area contributed by atoms with Gasteiger partial charge in [0.05, 0.1) is 11.0 Å². The number of nitrogens with two attached hydrogens (primary N) is 1. The van der Waals surface area contributed by atoms with Crippen LogP contribution in [-0.4, -0.2) is 4.92 Å². The number of rotatable bonds is 2. The Morgan fingerprint density at radius 1 is 1.62 bits per heavy atom. The second-order valence-electron chi connectivity index (χ2n) is 2.44. The molecule has 0 bridgehead atoms. The molecule has 0 atom stereocenters. The van der Waals surface area contributed by atoms with Gasteiger partial charge in [0, 0.05) is 5.56 Å².